The standard InChI is InChI=1S/C76H142O6/c1-4-7-10-13-16-19-22-24-26-28-30-32-34-36-37-38-39-40-42-43-45-47-49-51-54-57-60-63-66-69-75(78)81-72-73(71-80-74(77)68-65-62-59-56-53-21-18-15-12-9-6-3)82-76(79)70-67-64-61-58-55-52-50-48-46-44-41-35-33-31-29-27-25-23-20-17-14-11-8-5-2/h15,18,22,24,28,30,73H,4-14,16-17,19-21,23,25-27,29,31-72H2,1-3H3/b18-15-,24-22-,30-28-. The van der Waals surface area contributed by atoms with Gasteiger partial charge in [0.25, 0.3) is 0 Å². The maximum absolute atomic E-state index is 13.0. The highest BCUT2D eigenvalue weighted by Crippen LogP contribution is 2.19. The zero-order valence-corrected chi connectivity index (χ0v) is 55.5. The second-order valence-corrected chi connectivity index (χ2v) is 25.2. The molecule has 1 atom stereocenters. The van der Waals surface area contributed by atoms with Gasteiger partial charge < -0.3 is 14.2 Å². The number of hydrogen-bond donors (Lipinski definition) is 0. The predicted octanol–water partition coefficient (Wildman–Crippen LogP) is 25.5. The van der Waals surface area contributed by atoms with Crippen LogP contribution in [0.5, 0.6) is 0 Å². The van der Waals surface area contributed by atoms with Crippen molar-refractivity contribution in [3.8, 4) is 0 Å². The third kappa shape index (κ3) is 68.4. The van der Waals surface area contributed by atoms with E-state index in [-0.39, 0.29) is 31.1 Å². The topological polar surface area (TPSA) is 78.9 Å². The van der Waals surface area contributed by atoms with Gasteiger partial charge in [0.05, 0.1) is 0 Å². The molecular weight excluding hydrogens is 1010 g/mol. The molecule has 1 unspecified atom stereocenters. The molecule has 0 heterocycles. The summed E-state index contributed by atoms with van der Waals surface area (Å²) in [5, 5.41) is 0. The summed E-state index contributed by atoms with van der Waals surface area (Å²) in [6.45, 7) is 6.66. The van der Waals surface area contributed by atoms with E-state index in [4.69, 9.17) is 14.2 Å². The van der Waals surface area contributed by atoms with Crippen LogP contribution in [0.3, 0.4) is 0 Å². The number of esters is 3. The van der Waals surface area contributed by atoms with E-state index in [9.17, 15) is 14.4 Å². The molecule has 0 fully saturated rings. The molecule has 0 aliphatic heterocycles. The summed E-state index contributed by atoms with van der Waals surface area (Å²) in [5.41, 5.74) is 0. The Morgan fingerprint density at radius 2 is 0.451 bits per heavy atom. The highest BCUT2D eigenvalue weighted by atomic mass is 16.6. The van der Waals surface area contributed by atoms with Gasteiger partial charge in [-0.25, -0.2) is 0 Å². The molecule has 0 amide bonds. The average Bonchev–Trinajstić information content (AvgIpc) is 3.47. The number of hydrogen-bond acceptors (Lipinski definition) is 6. The molecule has 0 N–H and O–H groups in total. The molecule has 0 radical (unpaired) electrons. The monoisotopic (exact) mass is 1150 g/mol. The molecule has 6 nitrogen and oxygen atoms in total. The molecule has 0 bridgehead atoms. The van der Waals surface area contributed by atoms with E-state index in [0.717, 1.165) is 70.6 Å². The molecule has 482 valence electrons. The van der Waals surface area contributed by atoms with E-state index < -0.39 is 6.10 Å². The van der Waals surface area contributed by atoms with Crippen LogP contribution in [0.4, 0.5) is 0 Å². The van der Waals surface area contributed by atoms with Crippen molar-refractivity contribution in [3.63, 3.8) is 0 Å². The van der Waals surface area contributed by atoms with Gasteiger partial charge >= 0.3 is 17.9 Å². The summed E-state index contributed by atoms with van der Waals surface area (Å²) in [6.07, 6.45) is 89.1. The number of rotatable bonds is 69. The zero-order chi connectivity index (χ0) is 59.2. The fourth-order valence-corrected chi connectivity index (χ4v) is 11.3. The van der Waals surface area contributed by atoms with Gasteiger partial charge in [-0.3, -0.25) is 14.4 Å². The fourth-order valence-electron chi connectivity index (χ4n) is 11.3. The first-order valence-electron chi connectivity index (χ1n) is 37.0. The lowest BCUT2D eigenvalue weighted by molar-refractivity contribution is -0.167. The van der Waals surface area contributed by atoms with Crippen molar-refractivity contribution < 1.29 is 28.6 Å². The van der Waals surface area contributed by atoms with Crippen molar-refractivity contribution in [2.45, 2.75) is 419 Å². The van der Waals surface area contributed by atoms with Crippen molar-refractivity contribution >= 4 is 17.9 Å². The van der Waals surface area contributed by atoms with E-state index in [2.05, 4.69) is 57.2 Å². The van der Waals surface area contributed by atoms with Crippen LogP contribution in [0.1, 0.15) is 412 Å². The average molecular weight is 1150 g/mol. The third-order valence-corrected chi connectivity index (χ3v) is 16.9. The number of unbranched alkanes of at least 4 members (excludes halogenated alkanes) is 52. The minimum atomic E-state index is -0.773. The molecule has 6 heteroatoms. The van der Waals surface area contributed by atoms with E-state index in [0.29, 0.717) is 19.3 Å². The van der Waals surface area contributed by atoms with Crippen molar-refractivity contribution in [2.75, 3.05) is 13.2 Å². The summed E-state index contributed by atoms with van der Waals surface area (Å²) >= 11 is 0. The van der Waals surface area contributed by atoms with E-state index in [1.165, 1.54) is 302 Å². The summed E-state index contributed by atoms with van der Waals surface area (Å²) in [7, 11) is 0. The van der Waals surface area contributed by atoms with Gasteiger partial charge in [-0.1, -0.05) is 359 Å². The van der Waals surface area contributed by atoms with E-state index >= 15 is 0 Å². The first kappa shape index (κ1) is 79.6. The Labute approximate surface area is 512 Å². The van der Waals surface area contributed by atoms with Gasteiger partial charge in [0.15, 0.2) is 6.10 Å². The van der Waals surface area contributed by atoms with Gasteiger partial charge in [-0.05, 0) is 70.6 Å². The second-order valence-electron chi connectivity index (χ2n) is 25.2. The van der Waals surface area contributed by atoms with Crippen LogP contribution in [-0.4, -0.2) is 37.2 Å². The summed E-state index contributed by atoms with van der Waals surface area (Å²) in [6, 6.07) is 0. The minimum Gasteiger partial charge on any atom is -0.462 e. The number of carbonyl (C=O) groups excluding carboxylic acids is 3. The van der Waals surface area contributed by atoms with E-state index in [1.807, 2.05) is 0 Å². The van der Waals surface area contributed by atoms with Crippen molar-refractivity contribution in [1.82, 2.24) is 0 Å². The van der Waals surface area contributed by atoms with Crippen LogP contribution >= 0.6 is 0 Å². The largest absolute Gasteiger partial charge is 0.462 e. The maximum Gasteiger partial charge on any atom is 0.306 e. The van der Waals surface area contributed by atoms with Crippen LogP contribution in [0.15, 0.2) is 36.5 Å². The number of allylic oxidation sites excluding steroid dienone is 6. The molecule has 0 aliphatic rings. The fraction of sp³-hybridized carbons (Fsp3) is 0.882. The quantitative estimate of drug-likeness (QED) is 0.0261. The van der Waals surface area contributed by atoms with Crippen molar-refractivity contribution in [1.29, 1.82) is 0 Å². The number of carbonyl (C=O) groups is 3. The first-order chi connectivity index (χ1) is 40.5. The Morgan fingerprint density at radius 3 is 0.720 bits per heavy atom. The van der Waals surface area contributed by atoms with Crippen molar-refractivity contribution in [2.24, 2.45) is 0 Å². The molecule has 0 aromatic heterocycles. The summed E-state index contributed by atoms with van der Waals surface area (Å²) < 4.78 is 17.0. The Morgan fingerprint density at radius 1 is 0.244 bits per heavy atom. The molecule has 82 heavy (non-hydrogen) atoms. The molecule has 0 saturated heterocycles. The highest BCUT2D eigenvalue weighted by Gasteiger charge is 2.19. The van der Waals surface area contributed by atoms with Crippen LogP contribution < -0.4 is 0 Å². The molecule has 0 aromatic rings. The SMILES string of the molecule is CCCC/C=C\CCCCCCCC(=O)OCC(COC(=O)CCCCCCCCCCCCCCCCCCC/C=C\C/C=C\CCCCCCC)OC(=O)CCCCCCCCCCCCCCCCCCCCCCCCCC. The lowest BCUT2D eigenvalue weighted by Crippen LogP contribution is -2.30. The Bertz CT molecular complexity index is 1370. The van der Waals surface area contributed by atoms with Gasteiger partial charge in [-0.2, -0.15) is 0 Å². The van der Waals surface area contributed by atoms with Crippen LogP contribution in [0, 0.1) is 0 Å². The normalized spacial score (nSPS) is 12.2. The molecule has 0 aromatic carbocycles. The van der Waals surface area contributed by atoms with Crippen LogP contribution in [0.2, 0.25) is 0 Å². The van der Waals surface area contributed by atoms with Gasteiger partial charge in [0, 0.05) is 19.3 Å². The summed E-state index contributed by atoms with van der Waals surface area (Å²) in [5.74, 6) is -0.848. The van der Waals surface area contributed by atoms with Gasteiger partial charge in [0.1, 0.15) is 13.2 Å². The van der Waals surface area contributed by atoms with Gasteiger partial charge in [-0.15, -0.1) is 0 Å². The molecule has 0 aliphatic carbocycles. The predicted molar refractivity (Wildman–Crippen MR) is 358 cm³/mol. The Kier molecular flexibility index (Phi) is 69.1. The molecule has 0 rings (SSSR count). The van der Waals surface area contributed by atoms with E-state index in [1.54, 1.807) is 0 Å². The lowest BCUT2D eigenvalue weighted by Gasteiger charge is -2.18. The highest BCUT2D eigenvalue weighted by molar-refractivity contribution is 5.71. The second kappa shape index (κ2) is 71.1. The van der Waals surface area contributed by atoms with Crippen LogP contribution in [-0.2, 0) is 28.6 Å². The molecule has 0 spiro atoms. The van der Waals surface area contributed by atoms with Crippen molar-refractivity contribution in [3.05, 3.63) is 36.5 Å². The van der Waals surface area contributed by atoms with Crippen LogP contribution in [0.25, 0.3) is 0 Å². The molecular formula is C76H142O6. The minimum absolute atomic E-state index is 0.0690. The van der Waals surface area contributed by atoms with Gasteiger partial charge in [0.2, 0.25) is 0 Å². The smallest absolute Gasteiger partial charge is 0.306 e. The lowest BCUT2D eigenvalue weighted by atomic mass is 10.0. The zero-order valence-electron chi connectivity index (χ0n) is 55.5. The Hall–Kier alpha value is -2.37. The third-order valence-electron chi connectivity index (χ3n) is 16.9. The molecule has 0 saturated carbocycles. The Balaban J connectivity index is 4.13. The first-order valence-corrected chi connectivity index (χ1v) is 37.0. The maximum atomic E-state index is 13.0. The summed E-state index contributed by atoms with van der Waals surface area (Å²) in [4.78, 5) is 38.4. The number of ether oxygens (including phenoxy) is 3.